The highest BCUT2D eigenvalue weighted by atomic mass is 79.9. The first kappa shape index (κ1) is 15.7. The van der Waals surface area contributed by atoms with Gasteiger partial charge in [-0.2, -0.15) is 0 Å². The molecule has 5 heteroatoms. The van der Waals surface area contributed by atoms with Gasteiger partial charge in [-0.3, -0.25) is 0 Å². The van der Waals surface area contributed by atoms with Gasteiger partial charge in [-0.25, -0.2) is 8.42 Å². The number of hydrogen-bond donors (Lipinski definition) is 1. The molecule has 1 unspecified atom stereocenters. The van der Waals surface area contributed by atoms with Crippen molar-refractivity contribution in [3.63, 3.8) is 0 Å². The van der Waals surface area contributed by atoms with Gasteiger partial charge in [0.25, 0.3) is 0 Å². The molecule has 0 saturated heterocycles. The molecule has 0 amide bonds. The first-order valence-corrected chi connectivity index (χ1v) is 8.91. The van der Waals surface area contributed by atoms with Crippen LogP contribution in [-0.4, -0.2) is 33.0 Å². The number of benzene rings is 1. The van der Waals surface area contributed by atoms with Gasteiger partial charge in [0.2, 0.25) is 0 Å². The third-order valence-corrected chi connectivity index (χ3v) is 4.06. The van der Waals surface area contributed by atoms with Crippen molar-refractivity contribution in [2.45, 2.75) is 25.8 Å². The van der Waals surface area contributed by atoms with Crippen molar-refractivity contribution in [3.8, 4) is 0 Å². The summed E-state index contributed by atoms with van der Waals surface area (Å²) < 4.78 is 23.8. The summed E-state index contributed by atoms with van der Waals surface area (Å²) in [5.41, 5.74) is 1.14. The Labute approximate surface area is 118 Å². The molecule has 0 aliphatic heterocycles. The van der Waals surface area contributed by atoms with Crippen LogP contribution in [0.25, 0.3) is 0 Å². The number of halogens is 1. The molecule has 1 aromatic carbocycles. The Morgan fingerprint density at radius 1 is 1.39 bits per heavy atom. The van der Waals surface area contributed by atoms with Crippen LogP contribution in [-0.2, 0) is 16.3 Å². The van der Waals surface area contributed by atoms with Crippen LogP contribution in [0.3, 0.4) is 0 Å². The molecule has 0 bridgehead atoms. The number of nitrogens with one attached hydrogen (secondary N) is 1. The molecule has 18 heavy (non-hydrogen) atoms. The van der Waals surface area contributed by atoms with Crippen molar-refractivity contribution in [2.24, 2.45) is 0 Å². The Hall–Kier alpha value is -0.390. The second-order valence-corrected chi connectivity index (χ2v) is 7.68. The van der Waals surface area contributed by atoms with Crippen molar-refractivity contribution in [2.75, 3.05) is 18.6 Å². The number of sulfone groups is 1. The van der Waals surface area contributed by atoms with Crippen molar-refractivity contribution >= 4 is 25.8 Å². The first-order valence-electron chi connectivity index (χ1n) is 6.06. The minimum Gasteiger partial charge on any atom is -0.313 e. The lowest BCUT2D eigenvalue weighted by atomic mass is 10.1. The summed E-state index contributed by atoms with van der Waals surface area (Å²) in [7, 11) is -2.96. The standard InChI is InChI=1S/C13H20BrNO2S/c1-3-7-15-13(10-18(2,16)17)9-11-5-4-6-12(14)8-11/h4-6,8,13,15H,3,7,9-10H2,1-2H3. The monoisotopic (exact) mass is 333 g/mol. The largest absolute Gasteiger partial charge is 0.313 e. The van der Waals surface area contributed by atoms with Crippen LogP contribution >= 0.6 is 15.9 Å². The lowest BCUT2D eigenvalue weighted by molar-refractivity contribution is 0.530. The van der Waals surface area contributed by atoms with E-state index in [9.17, 15) is 8.42 Å². The van der Waals surface area contributed by atoms with E-state index in [2.05, 4.69) is 28.2 Å². The van der Waals surface area contributed by atoms with Crippen LogP contribution < -0.4 is 5.32 Å². The smallest absolute Gasteiger partial charge is 0.148 e. The van der Waals surface area contributed by atoms with Crippen LogP contribution in [0, 0.1) is 0 Å². The van der Waals surface area contributed by atoms with E-state index in [4.69, 9.17) is 0 Å². The van der Waals surface area contributed by atoms with Crippen LogP contribution in [0.4, 0.5) is 0 Å². The van der Waals surface area contributed by atoms with Crippen molar-refractivity contribution in [3.05, 3.63) is 34.3 Å². The van der Waals surface area contributed by atoms with Gasteiger partial charge in [0.1, 0.15) is 9.84 Å². The Balaban J connectivity index is 2.71. The normalized spacial score (nSPS) is 13.5. The van der Waals surface area contributed by atoms with E-state index in [0.717, 1.165) is 29.4 Å². The van der Waals surface area contributed by atoms with Crippen molar-refractivity contribution < 1.29 is 8.42 Å². The molecule has 0 saturated carbocycles. The topological polar surface area (TPSA) is 46.2 Å². The zero-order valence-corrected chi connectivity index (χ0v) is 13.2. The maximum absolute atomic E-state index is 11.4. The van der Waals surface area contributed by atoms with Gasteiger partial charge in [-0.05, 0) is 37.1 Å². The fraction of sp³-hybridized carbons (Fsp3) is 0.538. The highest BCUT2D eigenvalue weighted by Gasteiger charge is 2.15. The summed E-state index contributed by atoms with van der Waals surface area (Å²) >= 11 is 3.43. The zero-order valence-electron chi connectivity index (χ0n) is 10.8. The second-order valence-electron chi connectivity index (χ2n) is 4.58. The molecular formula is C13H20BrNO2S. The van der Waals surface area contributed by atoms with Crippen LogP contribution in [0.1, 0.15) is 18.9 Å². The lowest BCUT2D eigenvalue weighted by Crippen LogP contribution is -2.37. The third kappa shape index (κ3) is 6.52. The minimum absolute atomic E-state index is 0.0192. The fourth-order valence-electron chi connectivity index (χ4n) is 1.85. The summed E-state index contributed by atoms with van der Waals surface area (Å²) in [4.78, 5) is 0. The number of hydrogen-bond acceptors (Lipinski definition) is 3. The minimum atomic E-state index is -2.96. The molecule has 0 aromatic heterocycles. The molecular weight excluding hydrogens is 314 g/mol. The van der Waals surface area contributed by atoms with Crippen LogP contribution in [0.2, 0.25) is 0 Å². The molecule has 0 aliphatic rings. The fourth-order valence-corrected chi connectivity index (χ4v) is 3.27. The van der Waals surface area contributed by atoms with Gasteiger partial charge < -0.3 is 5.32 Å². The molecule has 1 atom stereocenters. The molecule has 3 nitrogen and oxygen atoms in total. The van der Waals surface area contributed by atoms with Gasteiger partial charge in [-0.15, -0.1) is 0 Å². The predicted molar refractivity (Wildman–Crippen MR) is 79.6 cm³/mol. The molecule has 102 valence electrons. The Morgan fingerprint density at radius 3 is 2.67 bits per heavy atom. The van der Waals surface area contributed by atoms with Crippen LogP contribution in [0.15, 0.2) is 28.7 Å². The quantitative estimate of drug-likeness (QED) is 0.833. The molecule has 0 radical (unpaired) electrons. The van der Waals surface area contributed by atoms with E-state index in [1.54, 1.807) is 0 Å². The molecule has 0 spiro atoms. The Bertz CT molecular complexity index is 474. The first-order chi connectivity index (χ1) is 8.40. The summed E-state index contributed by atoms with van der Waals surface area (Å²) in [6, 6.07) is 7.97. The summed E-state index contributed by atoms with van der Waals surface area (Å²) in [6.45, 7) is 2.91. The van der Waals surface area contributed by atoms with Crippen molar-refractivity contribution in [1.82, 2.24) is 5.32 Å². The predicted octanol–water partition coefficient (Wildman–Crippen LogP) is 2.40. The van der Waals surface area contributed by atoms with E-state index in [1.165, 1.54) is 6.26 Å². The summed E-state index contributed by atoms with van der Waals surface area (Å²) in [5.74, 6) is 0.180. The van der Waals surface area contributed by atoms with E-state index >= 15 is 0 Å². The average molecular weight is 334 g/mol. The van der Waals surface area contributed by atoms with E-state index in [-0.39, 0.29) is 11.8 Å². The number of rotatable bonds is 7. The van der Waals surface area contributed by atoms with Crippen LogP contribution in [0.5, 0.6) is 0 Å². The Morgan fingerprint density at radius 2 is 2.11 bits per heavy atom. The van der Waals surface area contributed by atoms with Gasteiger partial charge in [-0.1, -0.05) is 35.0 Å². The maximum atomic E-state index is 11.4. The highest BCUT2D eigenvalue weighted by molar-refractivity contribution is 9.10. The maximum Gasteiger partial charge on any atom is 0.148 e. The summed E-state index contributed by atoms with van der Waals surface area (Å²) in [5, 5.41) is 3.30. The molecule has 0 heterocycles. The molecule has 1 N–H and O–H groups in total. The lowest BCUT2D eigenvalue weighted by Gasteiger charge is -2.17. The average Bonchev–Trinajstić information content (AvgIpc) is 2.24. The third-order valence-electron chi connectivity index (χ3n) is 2.56. The second kappa shape index (κ2) is 7.26. The van der Waals surface area contributed by atoms with Crippen molar-refractivity contribution in [1.29, 1.82) is 0 Å². The highest BCUT2D eigenvalue weighted by Crippen LogP contribution is 2.13. The van der Waals surface area contributed by atoms with Gasteiger partial charge in [0.15, 0.2) is 0 Å². The molecule has 0 fully saturated rings. The van der Waals surface area contributed by atoms with Gasteiger partial charge in [0.05, 0.1) is 5.75 Å². The van der Waals surface area contributed by atoms with Gasteiger partial charge in [0, 0.05) is 16.8 Å². The molecule has 1 aromatic rings. The molecule has 0 aliphatic carbocycles. The molecule has 1 rings (SSSR count). The van der Waals surface area contributed by atoms with E-state index < -0.39 is 9.84 Å². The zero-order chi connectivity index (χ0) is 13.6. The van der Waals surface area contributed by atoms with E-state index in [1.807, 2.05) is 24.3 Å². The summed E-state index contributed by atoms with van der Waals surface area (Å²) in [6.07, 6.45) is 3.01. The van der Waals surface area contributed by atoms with Gasteiger partial charge >= 0.3 is 0 Å². The Kier molecular flexibility index (Phi) is 6.32. The van der Waals surface area contributed by atoms with E-state index in [0.29, 0.717) is 0 Å². The SMILES string of the molecule is CCCNC(Cc1cccc(Br)c1)CS(C)(=O)=O.